The molecule has 0 saturated carbocycles. The van der Waals surface area contributed by atoms with Crippen molar-refractivity contribution in [2.24, 2.45) is 4.99 Å². The van der Waals surface area contributed by atoms with Crippen molar-refractivity contribution in [3.63, 3.8) is 0 Å². The molecule has 0 heterocycles. The molecule has 2 aromatic carbocycles. The van der Waals surface area contributed by atoms with Gasteiger partial charge in [-0.15, -0.1) is 0 Å². The summed E-state index contributed by atoms with van der Waals surface area (Å²) in [6, 6.07) is 8.74. The maximum Gasteiger partial charge on any atom is 0.343 e. The van der Waals surface area contributed by atoms with Gasteiger partial charge in [0.1, 0.15) is 22.7 Å². The van der Waals surface area contributed by atoms with Crippen LogP contribution < -0.4 is 0 Å². The van der Waals surface area contributed by atoms with Crippen molar-refractivity contribution in [1.82, 2.24) is 0 Å². The maximum atomic E-state index is 14.7. The average molecular weight is 436 g/mol. The summed E-state index contributed by atoms with van der Waals surface area (Å²) in [4.78, 5) is 26.3. The van der Waals surface area contributed by atoms with E-state index in [4.69, 9.17) is 4.74 Å². The third-order valence-corrected chi connectivity index (χ3v) is 4.18. The molecule has 0 atom stereocenters. The number of nitrogens with zero attached hydrogens (tertiary/aromatic N) is 2. The fraction of sp³-hybridized carbons (Fsp3) is 0.238. The van der Waals surface area contributed by atoms with E-state index in [1.54, 1.807) is 37.3 Å². The predicted octanol–water partition coefficient (Wildman–Crippen LogP) is 4.81. The van der Waals surface area contributed by atoms with Crippen LogP contribution >= 0.6 is 0 Å². The van der Waals surface area contributed by atoms with Gasteiger partial charge in [-0.1, -0.05) is 37.3 Å². The van der Waals surface area contributed by atoms with Crippen LogP contribution in [0.3, 0.4) is 0 Å². The first-order chi connectivity index (χ1) is 14.7. The number of carbonyl (C=O) groups is 1. The van der Waals surface area contributed by atoms with Gasteiger partial charge in [-0.3, -0.25) is 15.1 Å². The highest BCUT2D eigenvalue weighted by atomic mass is 19.2. The maximum absolute atomic E-state index is 14.7. The second-order valence-electron chi connectivity index (χ2n) is 6.40. The van der Waals surface area contributed by atoms with Crippen LogP contribution in [0.5, 0.6) is 0 Å². The molecule has 0 aliphatic carbocycles. The highest BCUT2D eigenvalue weighted by Crippen LogP contribution is 2.35. The number of rotatable bonds is 8. The minimum absolute atomic E-state index is 0.0556. The van der Waals surface area contributed by atoms with E-state index in [2.05, 4.69) is 4.99 Å². The van der Waals surface area contributed by atoms with Gasteiger partial charge in [0.15, 0.2) is 5.82 Å². The summed E-state index contributed by atoms with van der Waals surface area (Å²) in [6.07, 6.45) is 1.26. The van der Waals surface area contributed by atoms with Gasteiger partial charge < -0.3 is 9.84 Å². The van der Waals surface area contributed by atoms with Crippen molar-refractivity contribution in [2.45, 2.75) is 26.8 Å². The lowest BCUT2D eigenvalue weighted by molar-refractivity contribution is -0.388. The lowest BCUT2D eigenvalue weighted by atomic mass is 10.0. The molecule has 7 nitrogen and oxygen atoms in total. The van der Waals surface area contributed by atoms with Gasteiger partial charge in [0, 0.05) is 11.8 Å². The van der Waals surface area contributed by atoms with Gasteiger partial charge in [-0.25, -0.2) is 13.6 Å². The van der Waals surface area contributed by atoms with E-state index in [1.165, 1.54) is 0 Å². The lowest BCUT2D eigenvalue weighted by Crippen LogP contribution is -2.15. The van der Waals surface area contributed by atoms with E-state index in [0.717, 1.165) is 18.7 Å². The summed E-state index contributed by atoms with van der Waals surface area (Å²) in [5, 5.41) is 21.8. The number of halogens is 3. The Bertz CT molecular complexity index is 1050. The van der Waals surface area contributed by atoms with Crippen LogP contribution in [0.25, 0.3) is 5.76 Å². The average Bonchev–Trinajstić information content (AvgIpc) is 2.75. The number of nitro benzene ring substituents is 1. The number of aliphatic hydroxyl groups is 1. The number of hydrogen-bond donors (Lipinski definition) is 1. The zero-order chi connectivity index (χ0) is 23.1. The Morgan fingerprint density at radius 3 is 2.42 bits per heavy atom. The predicted molar refractivity (Wildman–Crippen MR) is 107 cm³/mol. The molecule has 1 N–H and O–H groups in total. The van der Waals surface area contributed by atoms with Crippen LogP contribution in [-0.4, -0.2) is 28.8 Å². The molecule has 0 spiro atoms. The minimum Gasteiger partial charge on any atom is -0.506 e. The molecule has 0 radical (unpaired) electrons. The molecule has 164 valence electrons. The quantitative estimate of drug-likeness (QED) is 0.122. The molecule has 0 amide bonds. The highest BCUT2D eigenvalue weighted by molar-refractivity contribution is 6.15. The molecule has 10 heteroatoms. The van der Waals surface area contributed by atoms with Crippen molar-refractivity contribution < 1.29 is 32.7 Å². The third-order valence-electron chi connectivity index (χ3n) is 4.18. The van der Waals surface area contributed by atoms with Crippen molar-refractivity contribution in [2.75, 3.05) is 6.61 Å². The van der Waals surface area contributed by atoms with Gasteiger partial charge in [0.25, 0.3) is 0 Å². The SMILES string of the molecule is CCCOC(=O)C(C=NCc1ccccc1)=C(O)c1c(F)c(C)c(F)c(F)c1[N+](=O)[O-]. The molecule has 0 aromatic heterocycles. The van der Waals surface area contributed by atoms with Gasteiger partial charge in [-0.05, 0) is 18.9 Å². The summed E-state index contributed by atoms with van der Waals surface area (Å²) in [7, 11) is 0. The second kappa shape index (κ2) is 10.4. The molecule has 0 saturated heterocycles. The number of aliphatic imine (C=N–C) groups is 1. The van der Waals surface area contributed by atoms with Crippen LogP contribution in [-0.2, 0) is 16.1 Å². The molecule has 2 aromatic rings. The van der Waals surface area contributed by atoms with E-state index in [0.29, 0.717) is 6.42 Å². The summed E-state index contributed by atoms with van der Waals surface area (Å²) >= 11 is 0. The van der Waals surface area contributed by atoms with Crippen molar-refractivity contribution in [3.05, 3.63) is 80.2 Å². The van der Waals surface area contributed by atoms with Crippen LogP contribution in [0.2, 0.25) is 0 Å². The molecule has 0 aliphatic rings. The minimum atomic E-state index is -1.96. The largest absolute Gasteiger partial charge is 0.506 e. The van der Waals surface area contributed by atoms with Gasteiger partial charge >= 0.3 is 11.7 Å². The normalized spacial score (nSPS) is 12.0. The van der Waals surface area contributed by atoms with Gasteiger partial charge in [0.05, 0.1) is 18.1 Å². The van der Waals surface area contributed by atoms with Gasteiger partial charge in [-0.2, -0.15) is 4.39 Å². The van der Waals surface area contributed by atoms with E-state index in [9.17, 15) is 33.2 Å². The molecule has 2 rings (SSSR count). The van der Waals surface area contributed by atoms with Crippen LogP contribution in [0.1, 0.15) is 30.0 Å². The molecule has 31 heavy (non-hydrogen) atoms. The van der Waals surface area contributed by atoms with E-state index in [-0.39, 0.29) is 13.2 Å². The van der Waals surface area contributed by atoms with Crippen LogP contribution in [0.15, 0.2) is 40.9 Å². The molecular weight excluding hydrogens is 417 g/mol. The summed E-state index contributed by atoms with van der Waals surface area (Å²) in [6.45, 7) is 2.53. The van der Waals surface area contributed by atoms with Crippen LogP contribution in [0, 0.1) is 34.5 Å². The number of nitro groups is 1. The number of benzene rings is 2. The first-order valence-corrected chi connectivity index (χ1v) is 9.16. The number of esters is 1. The van der Waals surface area contributed by atoms with E-state index in [1.807, 2.05) is 0 Å². The monoisotopic (exact) mass is 436 g/mol. The fourth-order valence-electron chi connectivity index (χ4n) is 2.60. The number of aliphatic hydroxyl groups excluding tert-OH is 1. The Balaban J connectivity index is 2.66. The van der Waals surface area contributed by atoms with Crippen molar-refractivity contribution >= 4 is 23.6 Å². The molecule has 0 bridgehead atoms. The number of hydrogen-bond acceptors (Lipinski definition) is 6. The van der Waals surface area contributed by atoms with E-state index >= 15 is 0 Å². The summed E-state index contributed by atoms with van der Waals surface area (Å²) < 4.78 is 47.6. The first-order valence-electron chi connectivity index (χ1n) is 9.16. The zero-order valence-electron chi connectivity index (χ0n) is 16.7. The third kappa shape index (κ3) is 5.27. The molecule has 0 unspecified atom stereocenters. The number of ether oxygens (including phenoxy) is 1. The topological polar surface area (TPSA) is 102 Å². The Labute approximate surface area is 175 Å². The van der Waals surface area contributed by atoms with Crippen molar-refractivity contribution in [1.29, 1.82) is 0 Å². The standard InChI is InChI=1S/C21H19F3N2O5/c1-3-9-31-21(28)14(11-25-10-13-7-5-4-6-8-13)20(27)15-16(22)12(2)17(23)18(24)19(15)26(29)30/h4-8,11,27H,3,9-10H2,1-2H3. The lowest BCUT2D eigenvalue weighted by Gasteiger charge is -2.11. The Morgan fingerprint density at radius 1 is 1.19 bits per heavy atom. The summed E-state index contributed by atoms with van der Waals surface area (Å²) in [5.74, 6) is -7.77. The molecule has 0 aliphatic heterocycles. The van der Waals surface area contributed by atoms with Crippen LogP contribution in [0.4, 0.5) is 18.9 Å². The molecule has 0 fully saturated rings. The highest BCUT2D eigenvalue weighted by Gasteiger charge is 2.35. The van der Waals surface area contributed by atoms with E-state index < -0.39 is 56.5 Å². The Hall–Kier alpha value is -3.69. The first kappa shape index (κ1) is 23.6. The summed E-state index contributed by atoms with van der Waals surface area (Å²) in [5.41, 5.74) is -3.81. The number of carbonyl (C=O) groups excluding carboxylic acids is 1. The Morgan fingerprint density at radius 2 is 1.84 bits per heavy atom. The second-order valence-corrected chi connectivity index (χ2v) is 6.40. The fourth-order valence-corrected chi connectivity index (χ4v) is 2.60. The van der Waals surface area contributed by atoms with Gasteiger partial charge in [0.2, 0.25) is 5.82 Å². The van der Waals surface area contributed by atoms with Crippen molar-refractivity contribution in [3.8, 4) is 0 Å². The Kier molecular flexibility index (Phi) is 7.89. The zero-order valence-corrected chi connectivity index (χ0v) is 16.7. The smallest absolute Gasteiger partial charge is 0.343 e. The molecular formula is C21H19F3N2O5.